The molecular formula is C13H20N6O3. The Balaban J connectivity index is 1.60. The minimum atomic E-state index is -0.679. The van der Waals surface area contributed by atoms with Gasteiger partial charge in [-0.3, -0.25) is 4.79 Å². The van der Waals surface area contributed by atoms with Crippen molar-refractivity contribution in [1.29, 1.82) is 0 Å². The predicted molar refractivity (Wildman–Crippen MR) is 76.6 cm³/mol. The van der Waals surface area contributed by atoms with E-state index in [1.807, 2.05) is 0 Å². The van der Waals surface area contributed by atoms with Gasteiger partial charge in [-0.1, -0.05) is 11.4 Å². The summed E-state index contributed by atoms with van der Waals surface area (Å²) in [6.07, 6.45) is 6.51. The van der Waals surface area contributed by atoms with Gasteiger partial charge in [0.1, 0.15) is 6.54 Å². The summed E-state index contributed by atoms with van der Waals surface area (Å²) in [5, 5.41) is 17.3. The number of rotatable bonds is 4. The van der Waals surface area contributed by atoms with Crippen molar-refractivity contribution in [3.8, 4) is 0 Å². The number of fused-ring (bicyclic) bond motifs is 2. The van der Waals surface area contributed by atoms with E-state index in [-0.39, 0.29) is 24.5 Å². The second-order valence-corrected chi connectivity index (χ2v) is 6.28. The SMILES string of the molecule is NC1CC2CCCC(C1)C2NC(=O)Cn1cnc([N+](=O)[O-])n1. The number of aromatic nitrogens is 3. The molecule has 3 N–H and O–H groups in total. The summed E-state index contributed by atoms with van der Waals surface area (Å²) in [4.78, 5) is 25.6. The molecule has 2 bridgehead atoms. The second-order valence-electron chi connectivity index (χ2n) is 6.28. The highest BCUT2D eigenvalue weighted by Crippen LogP contribution is 2.39. The van der Waals surface area contributed by atoms with Crippen LogP contribution in [0, 0.1) is 22.0 Å². The van der Waals surface area contributed by atoms with Crippen molar-refractivity contribution in [2.75, 3.05) is 0 Å². The number of amides is 1. The van der Waals surface area contributed by atoms with Crippen LogP contribution in [0.25, 0.3) is 0 Å². The number of nitrogens with two attached hydrogens (primary N) is 1. The zero-order chi connectivity index (χ0) is 15.7. The van der Waals surface area contributed by atoms with Crippen LogP contribution in [0.15, 0.2) is 6.33 Å². The van der Waals surface area contributed by atoms with E-state index in [1.54, 1.807) is 0 Å². The van der Waals surface area contributed by atoms with Gasteiger partial charge in [-0.25, -0.2) is 0 Å². The maximum atomic E-state index is 12.2. The molecule has 2 aliphatic carbocycles. The molecule has 1 aromatic heterocycles. The van der Waals surface area contributed by atoms with Crippen molar-refractivity contribution in [1.82, 2.24) is 20.1 Å². The van der Waals surface area contributed by atoms with Crippen LogP contribution in [0.5, 0.6) is 0 Å². The summed E-state index contributed by atoms with van der Waals surface area (Å²) in [5.74, 6) is 0.207. The Labute approximate surface area is 127 Å². The largest absolute Gasteiger partial charge is 0.490 e. The van der Waals surface area contributed by atoms with E-state index in [4.69, 9.17) is 5.73 Å². The third-order valence-corrected chi connectivity index (χ3v) is 4.70. The molecule has 22 heavy (non-hydrogen) atoms. The molecule has 0 spiro atoms. The molecule has 2 fully saturated rings. The van der Waals surface area contributed by atoms with Gasteiger partial charge in [-0.2, -0.15) is 4.68 Å². The van der Waals surface area contributed by atoms with Crippen molar-refractivity contribution < 1.29 is 9.72 Å². The first-order valence-electron chi connectivity index (χ1n) is 7.61. The van der Waals surface area contributed by atoms with Crippen LogP contribution in [0.2, 0.25) is 0 Å². The summed E-state index contributed by atoms with van der Waals surface area (Å²) in [6, 6.07) is 0.404. The van der Waals surface area contributed by atoms with Crippen LogP contribution in [0.3, 0.4) is 0 Å². The summed E-state index contributed by atoms with van der Waals surface area (Å²) in [7, 11) is 0. The number of nitrogens with one attached hydrogen (secondary N) is 1. The monoisotopic (exact) mass is 308 g/mol. The molecule has 120 valence electrons. The second kappa shape index (κ2) is 5.99. The first-order valence-corrected chi connectivity index (χ1v) is 7.61. The minimum absolute atomic E-state index is 0.0527. The van der Waals surface area contributed by atoms with Crippen LogP contribution in [-0.4, -0.2) is 37.7 Å². The molecule has 0 radical (unpaired) electrons. The lowest BCUT2D eigenvalue weighted by molar-refractivity contribution is -0.394. The zero-order valence-electron chi connectivity index (χ0n) is 12.2. The summed E-state index contributed by atoms with van der Waals surface area (Å²) in [5.41, 5.74) is 6.07. The smallest absolute Gasteiger partial charge is 0.390 e. The highest BCUT2D eigenvalue weighted by atomic mass is 16.6. The fourth-order valence-corrected chi connectivity index (χ4v) is 3.85. The Morgan fingerprint density at radius 1 is 1.45 bits per heavy atom. The number of hydrogen-bond donors (Lipinski definition) is 2. The molecule has 2 unspecified atom stereocenters. The topological polar surface area (TPSA) is 129 Å². The molecule has 2 atom stereocenters. The predicted octanol–water partition coefficient (Wildman–Crippen LogP) is 0.208. The Morgan fingerprint density at radius 2 is 2.14 bits per heavy atom. The van der Waals surface area contributed by atoms with E-state index in [2.05, 4.69) is 15.4 Å². The number of hydrogen-bond acceptors (Lipinski definition) is 6. The Morgan fingerprint density at radius 3 is 2.73 bits per heavy atom. The van der Waals surface area contributed by atoms with E-state index < -0.39 is 10.9 Å². The highest BCUT2D eigenvalue weighted by molar-refractivity contribution is 5.76. The van der Waals surface area contributed by atoms with Crippen LogP contribution >= 0.6 is 0 Å². The number of carbonyl (C=O) groups excluding carboxylic acids is 1. The molecule has 2 aliphatic rings. The van der Waals surface area contributed by atoms with Crippen LogP contribution in [0.4, 0.5) is 5.95 Å². The quantitative estimate of drug-likeness (QED) is 0.604. The molecule has 9 nitrogen and oxygen atoms in total. The van der Waals surface area contributed by atoms with Gasteiger partial charge in [0.05, 0.1) is 0 Å². The standard InChI is InChI=1S/C13H20N6O3/c14-10-4-8-2-1-3-9(5-10)12(8)16-11(20)6-18-7-15-13(17-18)19(21)22/h7-10,12H,1-6,14H2,(H,16,20). The van der Waals surface area contributed by atoms with E-state index in [0.29, 0.717) is 11.8 Å². The van der Waals surface area contributed by atoms with Crippen molar-refractivity contribution in [3.05, 3.63) is 16.4 Å². The first-order chi connectivity index (χ1) is 10.5. The zero-order valence-corrected chi connectivity index (χ0v) is 12.2. The molecule has 0 saturated heterocycles. The molecule has 1 heterocycles. The van der Waals surface area contributed by atoms with Crippen molar-refractivity contribution in [3.63, 3.8) is 0 Å². The van der Waals surface area contributed by atoms with E-state index in [0.717, 1.165) is 25.7 Å². The van der Waals surface area contributed by atoms with E-state index in [9.17, 15) is 14.9 Å². The average molecular weight is 308 g/mol. The van der Waals surface area contributed by atoms with Gasteiger partial charge in [0.15, 0.2) is 0 Å². The molecule has 1 aromatic rings. The maximum absolute atomic E-state index is 12.2. The molecule has 1 amide bonds. The molecular weight excluding hydrogens is 288 g/mol. The van der Waals surface area contributed by atoms with Gasteiger partial charge < -0.3 is 21.2 Å². The highest BCUT2D eigenvalue weighted by Gasteiger charge is 2.39. The molecule has 3 rings (SSSR count). The first kappa shape index (κ1) is 14.9. The summed E-state index contributed by atoms with van der Waals surface area (Å²) in [6.45, 7) is -0.0527. The Hall–Kier alpha value is -2.03. The average Bonchev–Trinajstić information content (AvgIpc) is 2.88. The molecule has 0 aromatic carbocycles. The fraction of sp³-hybridized carbons (Fsp3) is 0.769. The van der Waals surface area contributed by atoms with Gasteiger partial charge in [0, 0.05) is 17.2 Å². The van der Waals surface area contributed by atoms with Gasteiger partial charge in [-0.05, 0) is 42.4 Å². The van der Waals surface area contributed by atoms with Crippen LogP contribution in [-0.2, 0) is 11.3 Å². The normalized spacial score (nSPS) is 30.8. The van der Waals surface area contributed by atoms with Gasteiger partial charge in [0.2, 0.25) is 12.2 Å². The maximum Gasteiger partial charge on any atom is 0.490 e. The lowest BCUT2D eigenvalue weighted by Gasteiger charge is -2.45. The van der Waals surface area contributed by atoms with Gasteiger partial charge >= 0.3 is 5.95 Å². The number of nitrogens with zero attached hydrogens (tertiary/aromatic N) is 4. The fourth-order valence-electron chi connectivity index (χ4n) is 3.85. The molecule has 0 aliphatic heterocycles. The number of carbonyl (C=O) groups is 1. The van der Waals surface area contributed by atoms with E-state index >= 15 is 0 Å². The number of nitro groups is 1. The van der Waals surface area contributed by atoms with Gasteiger partial charge in [0.25, 0.3) is 0 Å². The lowest BCUT2D eigenvalue weighted by atomic mass is 9.67. The summed E-state index contributed by atoms with van der Waals surface area (Å²) < 4.78 is 1.19. The molecule has 2 saturated carbocycles. The van der Waals surface area contributed by atoms with Crippen molar-refractivity contribution in [2.24, 2.45) is 17.6 Å². The van der Waals surface area contributed by atoms with Crippen LogP contribution in [0.1, 0.15) is 32.1 Å². The minimum Gasteiger partial charge on any atom is -0.390 e. The lowest BCUT2D eigenvalue weighted by Crippen LogP contribution is -2.54. The third kappa shape index (κ3) is 3.08. The Bertz CT molecular complexity index is 560. The van der Waals surface area contributed by atoms with Crippen molar-refractivity contribution in [2.45, 2.75) is 50.7 Å². The molecule has 9 heteroatoms. The van der Waals surface area contributed by atoms with E-state index in [1.165, 1.54) is 17.4 Å². The summed E-state index contributed by atoms with van der Waals surface area (Å²) >= 11 is 0. The van der Waals surface area contributed by atoms with Gasteiger partial charge in [-0.15, -0.1) is 0 Å². The Kier molecular flexibility index (Phi) is 4.06. The van der Waals surface area contributed by atoms with Crippen molar-refractivity contribution >= 4 is 11.9 Å². The third-order valence-electron chi connectivity index (χ3n) is 4.70. The van der Waals surface area contributed by atoms with Crippen LogP contribution < -0.4 is 11.1 Å².